The number of likely N-dealkylation sites (N-methyl/N-ethyl adjacent to an activating group) is 1. The van der Waals surface area contributed by atoms with Crippen molar-refractivity contribution in [1.29, 1.82) is 0 Å². The Hall–Kier alpha value is -4.99. The molecule has 2 aromatic rings. The third kappa shape index (κ3) is 15.3. The number of methoxy groups -OCH3 is 2. The fourth-order valence-electron chi connectivity index (χ4n) is 12.1. The molecule has 0 bridgehead atoms. The number of ether oxygens (including phenoxy) is 6. The van der Waals surface area contributed by atoms with Crippen molar-refractivity contribution in [2.45, 2.75) is 130 Å². The van der Waals surface area contributed by atoms with E-state index in [9.17, 15) is 10.4 Å². The fourth-order valence-corrected chi connectivity index (χ4v) is 15.0. The van der Waals surface area contributed by atoms with Gasteiger partial charge in [0, 0.05) is 49.7 Å². The van der Waals surface area contributed by atoms with Crippen LogP contribution in [0.2, 0.25) is 36.3 Å². The Morgan fingerprint density at radius 1 is 0.624 bits per heavy atom. The minimum atomic E-state index is -2.87. The number of piperazine rings is 1. The number of hydrogen-bond donors (Lipinski definition) is 1. The van der Waals surface area contributed by atoms with E-state index in [1.807, 2.05) is 30.4 Å². The summed E-state index contributed by atoms with van der Waals surface area (Å²) >= 11 is 37.6. The number of carbonyl (C=O) groups excluding carboxylic acids is 2. The van der Waals surface area contributed by atoms with Crippen molar-refractivity contribution in [2.75, 3.05) is 84.5 Å². The summed E-state index contributed by atoms with van der Waals surface area (Å²) < 4.78 is 48.2. The van der Waals surface area contributed by atoms with Gasteiger partial charge in [-0.15, -0.1) is 8.97 Å². The van der Waals surface area contributed by atoms with Crippen LogP contribution in [0.15, 0.2) is 131 Å². The predicted octanol–water partition coefficient (Wildman–Crippen LogP) is 15.5. The molecule has 5 aliphatic heterocycles. The number of nitrogen functional groups attached to an aromatic ring is 1. The predicted molar refractivity (Wildman–Crippen MR) is 373 cm³/mol. The number of allylic oxidation sites excluding steroid dienone is 8. The van der Waals surface area contributed by atoms with Crippen LogP contribution in [-0.4, -0.2) is 159 Å². The number of hydrogen-bond acceptors (Lipinski definition) is 15. The van der Waals surface area contributed by atoms with Crippen molar-refractivity contribution >= 4 is 133 Å². The summed E-state index contributed by atoms with van der Waals surface area (Å²) in [7, 11) is -0.738. The maximum Gasteiger partial charge on any atom is 0.528 e. The zero-order valence-electron chi connectivity index (χ0n) is 55.2. The highest BCUT2D eigenvalue weighted by atomic mass is 35.6. The number of anilines is 2. The zero-order chi connectivity index (χ0) is 68.0. The lowest BCUT2D eigenvalue weighted by atomic mass is 9.85. The lowest BCUT2D eigenvalue weighted by Gasteiger charge is -2.44. The summed E-state index contributed by atoms with van der Waals surface area (Å²) in [5, 5.41) is 28.7. The average Bonchev–Trinajstić information content (AvgIpc) is 1.58. The Morgan fingerprint density at radius 2 is 1.05 bits per heavy atom. The quantitative estimate of drug-likeness (QED) is 0.0265. The Labute approximate surface area is 578 Å². The number of benzene rings is 2. The summed E-state index contributed by atoms with van der Waals surface area (Å²) in [6.45, 7) is 23.6. The maximum atomic E-state index is 15.4. The van der Waals surface area contributed by atoms with E-state index in [1.165, 1.54) is 26.6 Å². The van der Waals surface area contributed by atoms with Crippen LogP contribution in [0.4, 0.5) is 21.0 Å². The molecule has 9 rings (SSSR count). The molecule has 5 heterocycles. The van der Waals surface area contributed by atoms with E-state index in [1.54, 1.807) is 30.6 Å². The second-order valence-corrected chi connectivity index (χ2v) is 42.1. The summed E-state index contributed by atoms with van der Waals surface area (Å²) in [6, 6.07) is 15.9. The summed E-state index contributed by atoms with van der Waals surface area (Å²) in [5.74, 6) is -0.937. The van der Waals surface area contributed by atoms with Gasteiger partial charge in [0.1, 0.15) is 25.0 Å². The first-order valence-electron chi connectivity index (χ1n) is 31.2. The summed E-state index contributed by atoms with van der Waals surface area (Å²) in [6.07, 6.45) is 11.2. The van der Waals surface area contributed by atoms with E-state index in [0.29, 0.717) is 42.8 Å². The first kappa shape index (κ1) is 72.3. The first-order chi connectivity index (χ1) is 43.4. The molecule has 0 spiro atoms. The number of carbonyl (C=O) groups is 2. The molecule has 2 unspecified atom stereocenters. The van der Waals surface area contributed by atoms with Gasteiger partial charge < -0.3 is 63.2 Å². The number of amides is 2. The molecular weight excluding hydrogens is 1350 g/mol. The maximum absolute atomic E-state index is 15.4. The van der Waals surface area contributed by atoms with Crippen LogP contribution in [-0.2, 0) is 37.3 Å². The largest absolute Gasteiger partial charge is 0.618 e. The lowest BCUT2D eigenvalue weighted by Crippen LogP contribution is -2.62. The van der Waals surface area contributed by atoms with Crippen LogP contribution in [0.1, 0.15) is 84.8 Å². The standard InChI is InChI=1S/C66H87Cl6N7O12Si2/c1-63(2,3)92(10,11)90-59-49-35-45(43-20-24-48(25-21-43)75-30-28-74(7)29-31-75)22-26-51(49)76(82)37-53-57(84-8)55(39-78(53,59)61(80)88-41-65(67,68)69)86-32-15-14-16-33-87-56-40-79(62(81)89-42-66(70,71)72)54(58(56)85-9)38-77(83)52-27-23-46(44-18-17-19-47(73)34-44)36-50(52)60(79)91-93(12,13)64(4,5)6/h17-27,34,37-40,49-50,59-60H,14-16,28-33,35-36,41-42,73H2,1-13H3/q+2/t49-,50-,59-,60-,78?,79?/m0/s1. The van der Waals surface area contributed by atoms with E-state index in [4.69, 9.17) is 113 Å². The number of halogens is 6. The van der Waals surface area contributed by atoms with Gasteiger partial charge in [0.15, 0.2) is 29.0 Å². The third-order valence-electron chi connectivity index (χ3n) is 19.2. The molecule has 27 heteroatoms. The van der Waals surface area contributed by atoms with Crippen LogP contribution in [0.25, 0.3) is 11.1 Å². The molecule has 0 saturated carbocycles. The number of alkyl halides is 6. The monoisotopic (exact) mass is 1440 g/mol. The van der Waals surface area contributed by atoms with Crippen molar-refractivity contribution in [3.05, 3.63) is 153 Å². The SMILES string of the molecule is COC1=C2C=[N+]([O-])C3=CC=C(c4ccc(N5CCN(C)CC5)cc4)C[C@@H]3[C@H](O[Si](C)(C)C(C)(C)C)[N+]2(C(=O)OCC(Cl)(Cl)Cl)C=C1OCCCCCOC1=C[N+]2(C(=O)OCC(Cl)(Cl)Cl)C(=C1OC)C=[N+]([O-])C1=CC=C(c3cccc(N)c3)C[C@@H]1[C@@H]2O[Si](C)(C)C(C)(C)C. The number of rotatable bonds is 19. The molecular formula is C66H87Cl6N7O12Si2+2. The van der Waals surface area contributed by atoms with Gasteiger partial charge in [0.25, 0.3) is 11.4 Å². The van der Waals surface area contributed by atoms with Crippen LogP contribution in [0.3, 0.4) is 0 Å². The number of hydroxylamine groups is 2. The molecule has 19 nitrogen and oxygen atoms in total. The normalized spacial score (nSPS) is 24.7. The number of nitrogens with two attached hydrogens (primary N) is 1. The Morgan fingerprint density at radius 3 is 1.45 bits per heavy atom. The molecule has 0 radical (unpaired) electrons. The molecule has 2 aliphatic carbocycles. The average molecular weight is 1440 g/mol. The Kier molecular flexibility index (Phi) is 21.7. The summed E-state index contributed by atoms with van der Waals surface area (Å²) in [4.78, 5) is 35.4. The van der Waals surface area contributed by atoms with Gasteiger partial charge in [-0.3, -0.25) is 0 Å². The van der Waals surface area contributed by atoms with Gasteiger partial charge >= 0.3 is 12.2 Å². The van der Waals surface area contributed by atoms with E-state index in [-0.39, 0.29) is 64.1 Å². The van der Waals surface area contributed by atoms with Crippen molar-refractivity contribution in [3.63, 3.8) is 0 Å². The minimum Gasteiger partial charge on any atom is -0.618 e. The smallest absolute Gasteiger partial charge is 0.528 e. The highest BCUT2D eigenvalue weighted by Gasteiger charge is 2.67. The number of fused-ring (bicyclic) bond motifs is 4. The second-order valence-electron chi connectivity index (χ2n) is 27.6. The Bertz CT molecular complexity index is 3530. The highest BCUT2D eigenvalue weighted by Crippen LogP contribution is 2.53. The molecule has 7 aliphatic rings. The van der Waals surface area contributed by atoms with E-state index in [2.05, 4.69) is 109 Å². The molecule has 2 amide bonds. The van der Waals surface area contributed by atoms with E-state index in [0.717, 1.165) is 63.6 Å². The van der Waals surface area contributed by atoms with Crippen molar-refractivity contribution in [2.24, 2.45) is 11.8 Å². The number of unbranched alkanes of at least 4 members (excludes halogenated alkanes) is 2. The Balaban J connectivity index is 1.00. The molecule has 0 aromatic heterocycles. The van der Waals surface area contributed by atoms with Crippen molar-refractivity contribution in [1.82, 2.24) is 4.90 Å². The topological polar surface area (TPSA) is 193 Å². The van der Waals surface area contributed by atoms with Gasteiger partial charge in [-0.2, -0.15) is 19.1 Å². The fraction of sp³-hybridized carbons (Fsp3) is 0.515. The molecule has 506 valence electrons. The van der Waals surface area contributed by atoms with Crippen LogP contribution >= 0.6 is 69.6 Å². The molecule has 1 fully saturated rings. The number of nitrogens with zero attached hydrogens (tertiary/aromatic N) is 6. The minimum absolute atomic E-state index is 0.0969. The van der Waals surface area contributed by atoms with Gasteiger partial charge in [-0.05, 0) is 122 Å². The van der Waals surface area contributed by atoms with E-state index < -0.39 is 82.9 Å². The van der Waals surface area contributed by atoms with Gasteiger partial charge in [-0.1, -0.05) is 148 Å². The lowest BCUT2D eigenvalue weighted by molar-refractivity contribution is -0.816. The second kappa shape index (κ2) is 27.9. The molecule has 1 saturated heterocycles. The van der Waals surface area contributed by atoms with Gasteiger partial charge in [-0.25, -0.2) is 0 Å². The van der Waals surface area contributed by atoms with Crippen LogP contribution in [0.5, 0.6) is 0 Å². The van der Waals surface area contributed by atoms with E-state index >= 15 is 9.59 Å². The van der Waals surface area contributed by atoms with Crippen molar-refractivity contribution in [3.8, 4) is 0 Å². The molecule has 2 aromatic carbocycles. The first-order valence-corrected chi connectivity index (χ1v) is 39.3. The summed E-state index contributed by atoms with van der Waals surface area (Å²) in [5.41, 5.74) is 12.5. The van der Waals surface area contributed by atoms with Crippen LogP contribution < -0.4 is 10.6 Å². The molecule has 93 heavy (non-hydrogen) atoms. The third-order valence-corrected chi connectivity index (χ3v) is 28.8. The molecule has 6 atom stereocenters. The van der Waals surface area contributed by atoms with Crippen molar-refractivity contribution < 1.29 is 65.3 Å². The number of quaternary nitrogens is 2. The van der Waals surface area contributed by atoms with Gasteiger partial charge in [0.2, 0.25) is 66.9 Å². The molecule has 2 N–H and O–H groups in total. The van der Waals surface area contributed by atoms with Crippen LogP contribution in [0, 0.1) is 22.3 Å². The highest BCUT2D eigenvalue weighted by molar-refractivity contribution is 6.74. The van der Waals surface area contributed by atoms with Gasteiger partial charge in [0.05, 0.1) is 27.4 Å². The zero-order valence-corrected chi connectivity index (χ0v) is 61.7.